The molecule has 1 heterocycles. The van der Waals surface area contributed by atoms with Crippen LogP contribution >= 0.6 is 23.2 Å². The molecular weight excluding hydrogens is 469 g/mol. The molecule has 0 saturated heterocycles. The Bertz CT molecular complexity index is 1400. The minimum Gasteiger partial charge on any atom is -0.494 e. The third kappa shape index (κ3) is 4.46. The molecule has 3 aromatic carbocycles. The number of hydrogen-bond acceptors (Lipinski definition) is 4. The van der Waals surface area contributed by atoms with Gasteiger partial charge in [0.15, 0.2) is 0 Å². The molecule has 4 rings (SSSR count). The number of aromatic nitrogens is 2. The summed E-state index contributed by atoms with van der Waals surface area (Å²) in [5, 5.41) is 0.833. The second kappa shape index (κ2) is 8.86. The molecule has 164 valence electrons. The lowest BCUT2D eigenvalue weighted by Gasteiger charge is -2.15. The van der Waals surface area contributed by atoms with Gasteiger partial charge in [0, 0.05) is 33.4 Å². The van der Waals surface area contributed by atoms with Gasteiger partial charge in [-0.25, -0.2) is 13.4 Å². The molecule has 0 aliphatic carbocycles. The summed E-state index contributed by atoms with van der Waals surface area (Å²) in [4.78, 5) is 4.31. The van der Waals surface area contributed by atoms with Crippen LogP contribution in [0, 0.1) is 6.92 Å². The van der Waals surface area contributed by atoms with Crippen LogP contribution in [0.2, 0.25) is 10.0 Å². The topological polar surface area (TPSA) is 73.2 Å². The number of nitrogens with zero attached hydrogens (tertiary/aromatic N) is 2. The summed E-state index contributed by atoms with van der Waals surface area (Å²) in [6.45, 7) is 1.88. The van der Waals surface area contributed by atoms with Crippen molar-refractivity contribution in [1.29, 1.82) is 0 Å². The first-order valence-corrected chi connectivity index (χ1v) is 11.8. The standard InChI is InChI=1S/C23H19Cl2N3O3S/c1-15-13-28(14-26-15)21-10-8-17(12-22(21)31-2)27-32(29,30)23-6-4-3-5-19(23)18-9-7-16(24)11-20(18)25/h3-14,27H,1-2H3. The molecule has 0 saturated carbocycles. The van der Waals surface area contributed by atoms with Crippen molar-refractivity contribution in [3.05, 3.63) is 88.9 Å². The maximum Gasteiger partial charge on any atom is 0.262 e. The number of rotatable bonds is 6. The highest BCUT2D eigenvalue weighted by molar-refractivity contribution is 7.92. The normalized spacial score (nSPS) is 11.4. The van der Waals surface area contributed by atoms with E-state index in [-0.39, 0.29) is 4.90 Å². The van der Waals surface area contributed by atoms with Crippen LogP contribution in [0.25, 0.3) is 16.8 Å². The number of ether oxygens (including phenoxy) is 1. The predicted octanol–water partition coefficient (Wildman–Crippen LogP) is 5.96. The fourth-order valence-electron chi connectivity index (χ4n) is 3.35. The van der Waals surface area contributed by atoms with Crippen LogP contribution in [0.4, 0.5) is 5.69 Å². The van der Waals surface area contributed by atoms with E-state index in [1.807, 2.05) is 17.7 Å². The van der Waals surface area contributed by atoms with Crippen LogP contribution in [-0.2, 0) is 10.0 Å². The minimum absolute atomic E-state index is 0.0949. The fourth-order valence-corrected chi connectivity index (χ4v) is 5.13. The lowest BCUT2D eigenvalue weighted by atomic mass is 10.1. The number of hydrogen-bond donors (Lipinski definition) is 1. The second-order valence-corrected chi connectivity index (χ2v) is 9.53. The molecule has 0 atom stereocenters. The van der Waals surface area contributed by atoms with Crippen LogP contribution in [0.1, 0.15) is 5.69 Å². The molecule has 0 spiro atoms. The van der Waals surface area contributed by atoms with E-state index >= 15 is 0 Å². The molecule has 9 heteroatoms. The zero-order valence-corrected chi connectivity index (χ0v) is 19.5. The molecule has 0 aliphatic heterocycles. The molecule has 1 N–H and O–H groups in total. The van der Waals surface area contributed by atoms with Gasteiger partial charge in [0.25, 0.3) is 10.0 Å². The Labute approximate surface area is 196 Å². The summed E-state index contributed by atoms with van der Waals surface area (Å²) < 4.78 is 36.5. The lowest BCUT2D eigenvalue weighted by Crippen LogP contribution is -2.14. The van der Waals surface area contributed by atoms with Crippen LogP contribution < -0.4 is 9.46 Å². The van der Waals surface area contributed by atoms with Gasteiger partial charge < -0.3 is 9.30 Å². The van der Waals surface area contributed by atoms with Crippen LogP contribution in [0.15, 0.2) is 78.1 Å². The van der Waals surface area contributed by atoms with Gasteiger partial charge in [-0.1, -0.05) is 47.5 Å². The molecule has 1 aromatic heterocycles. The summed E-state index contributed by atoms with van der Waals surface area (Å²) in [6.07, 6.45) is 3.52. The Morgan fingerprint density at radius 2 is 1.78 bits per heavy atom. The third-order valence-corrected chi connectivity index (χ3v) is 6.81. The van der Waals surface area contributed by atoms with Gasteiger partial charge in [-0.15, -0.1) is 0 Å². The molecule has 0 amide bonds. The average molecular weight is 488 g/mol. The van der Waals surface area contributed by atoms with Gasteiger partial charge in [-0.05, 0) is 37.3 Å². The summed E-state index contributed by atoms with van der Waals surface area (Å²) in [7, 11) is -2.41. The van der Waals surface area contributed by atoms with Crippen molar-refractivity contribution >= 4 is 38.9 Å². The van der Waals surface area contributed by atoms with Crippen molar-refractivity contribution in [2.75, 3.05) is 11.8 Å². The van der Waals surface area contributed by atoms with Crippen molar-refractivity contribution in [2.24, 2.45) is 0 Å². The number of aryl methyl sites for hydroxylation is 1. The zero-order chi connectivity index (χ0) is 22.9. The van der Waals surface area contributed by atoms with Crippen molar-refractivity contribution in [3.8, 4) is 22.6 Å². The van der Waals surface area contributed by atoms with Gasteiger partial charge in [0.05, 0.1) is 35.4 Å². The van der Waals surface area contributed by atoms with E-state index in [9.17, 15) is 8.42 Å². The maximum atomic E-state index is 13.3. The second-order valence-electron chi connectivity index (χ2n) is 7.03. The fraction of sp³-hybridized carbons (Fsp3) is 0.0870. The Balaban J connectivity index is 1.72. The number of anilines is 1. The first-order valence-electron chi connectivity index (χ1n) is 9.55. The monoisotopic (exact) mass is 487 g/mol. The van der Waals surface area contributed by atoms with Crippen molar-refractivity contribution in [1.82, 2.24) is 9.55 Å². The number of nitrogens with one attached hydrogen (secondary N) is 1. The molecular formula is C23H19Cl2N3O3S. The van der Waals surface area contributed by atoms with Gasteiger partial charge in [0.1, 0.15) is 5.75 Å². The summed E-state index contributed by atoms with van der Waals surface area (Å²) in [5.74, 6) is 0.497. The molecule has 0 radical (unpaired) electrons. The van der Waals surface area contributed by atoms with Gasteiger partial charge >= 0.3 is 0 Å². The van der Waals surface area contributed by atoms with E-state index in [0.29, 0.717) is 32.6 Å². The van der Waals surface area contributed by atoms with Crippen LogP contribution in [0.3, 0.4) is 0 Å². The van der Waals surface area contributed by atoms with E-state index in [1.54, 1.807) is 60.9 Å². The molecule has 0 bridgehead atoms. The third-order valence-electron chi connectivity index (χ3n) is 4.82. The number of benzene rings is 3. The Morgan fingerprint density at radius 1 is 1.00 bits per heavy atom. The summed E-state index contributed by atoms with van der Waals surface area (Å²) >= 11 is 12.3. The van der Waals surface area contributed by atoms with E-state index in [4.69, 9.17) is 27.9 Å². The highest BCUT2D eigenvalue weighted by Crippen LogP contribution is 2.35. The van der Waals surface area contributed by atoms with Crippen molar-refractivity contribution in [3.63, 3.8) is 0 Å². The van der Waals surface area contributed by atoms with E-state index in [1.165, 1.54) is 13.2 Å². The Hall–Kier alpha value is -3.00. The van der Waals surface area contributed by atoms with Gasteiger partial charge in [0.2, 0.25) is 0 Å². The maximum absolute atomic E-state index is 13.3. The zero-order valence-electron chi connectivity index (χ0n) is 17.2. The highest BCUT2D eigenvalue weighted by Gasteiger charge is 2.21. The number of imidazole rings is 1. The quantitative estimate of drug-likeness (QED) is 0.363. The van der Waals surface area contributed by atoms with Gasteiger partial charge in [-0.3, -0.25) is 4.72 Å². The first-order chi connectivity index (χ1) is 15.3. The molecule has 6 nitrogen and oxygen atoms in total. The van der Waals surface area contributed by atoms with E-state index < -0.39 is 10.0 Å². The van der Waals surface area contributed by atoms with E-state index in [2.05, 4.69) is 9.71 Å². The van der Waals surface area contributed by atoms with Gasteiger partial charge in [-0.2, -0.15) is 0 Å². The molecule has 0 fully saturated rings. The SMILES string of the molecule is COc1cc(NS(=O)(=O)c2ccccc2-c2ccc(Cl)cc2Cl)ccc1-n1cnc(C)c1. The number of methoxy groups -OCH3 is 1. The summed E-state index contributed by atoms with van der Waals surface area (Å²) in [5.41, 5.74) is 3.00. The number of halogens is 2. The minimum atomic E-state index is -3.93. The largest absolute Gasteiger partial charge is 0.494 e. The van der Waals surface area contributed by atoms with E-state index in [0.717, 1.165) is 11.4 Å². The lowest BCUT2D eigenvalue weighted by molar-refractivity contribution is 0.413. The average Bonchev–Trinajstić information content (AvgIpc) is 3.19. The van der Waals surface area contributed by atoms with Crippen LogP contribution in [-0.4, -0.2) is 25.1 Å². The molecule has 4 aromatic rings. The number of sulfonamides is 1. The van der Waals surface area contributed by atoms with Crippen LogP contribution in [0.5, 0.6) is 5.75 Å². The molecule has 32 heavy (non-hydrogen) atoms. The molecule has 0 aliphatic rings. The Morgan fingerprint density at radius 3 is 2.47 bits per heavy atom. The predicted molar refractivity (Wildman–Crippen MR) is 128 cm³/mol. The first kappa shape index (κ1) is 22.2. The molecule has 0 unspecified atom stereocenters. The van der Waals surface area contributed by atoms with Crippen molar-refractivity contribution in [2.45, 2.75) is 11.8 Å². The smallest absolute Gasteiger partial charge is 0.262 e. The highest BCUT2D eigenvalue weighted by atomic mass is 35.5. The summed E-state index contributed by atoms with van der Waals surface area (Å²) in [6, 6.07) is 16.7. The Kier molecular flexibility index (Phi) is 6.15. The van der Waals surface area contributed by atoms with Crippen molar-refractivity contribution < 1.29 is 13.2 Å².